The van der Waals surface area contributed by atoms with E-state index in [-0.39, 0.29) is 0 Å². The number of hydrogen-bond donors (Lipinski definition) is 1. The van der Waals surface area contributed by atoms with E-state index in [1.165, 1.54) is 31.3 Å². The van der Waals surface area contributed by atoms with E-state index in [1.807, 2.05) is 11.3 Å². The molecular formula is C36H26N2S. The van der Waals surface area contributed by atoms with Crippen LogP contribution in [0.25, 0.3) is 31.3 Å². The highest BCUT2D eigenvalue weighted by atomic mass is 32.1. The standard InChI is InChI=1S/C36H26N2S/c1-3-9-30(10-4-1)38(31-11-5-2-6-12-31)32-22-17-27(18-23-32)26-15-19-28(20-16-26)37-29-21-24-34-33-13-7-8-14-35(33)39-36(34)25-29/h1-25,37H. The van der Waals surface area contributed by atoms with E-state index in [4.69, 9.17) is 0 Å². The number of anilines is 5. The Bertz CT molecular complexity index is 1820. The first-order chi connectivity index (χ1) is 19.3. The van der Waals surface area contributed by atoms with Gasteiger partial charge in [-0.05, 0) is 77.9 Å². The fourth-order valence-corrected chi connectivity index (χ4v) is 6.27. The molecule has 0 atom stereocenters. The molecule has 0 fully saturated rings. The summed E-state index contributed by atoms with van der Waals surface area (Å²) in [7, 11) is 0. The minimum atomic E-state index is 1.08. The molecule has 3 heteroatoms. The molecule has 6 aromatic carbocycles. The minimum absolute atomic E-state index is 1.08. The number of nitrogens with one attached hydrogen (secondary N) is 1. The van der Waals surface area contributed by atoms with Crippen LogP contribution in [0.4, 0.5) is 28.4 Å². The van der Waals surface area contributed by atoms with E-state index < -0.39 is 0 Å². The van der Waals surface area contributed by atoms with Crippen LogP contribution in [0.2, 0.25) is 0 Å². The molecule has 0 radical (unpaired) electrons. The van der Waals surface area contributed by atoms with Gasteiger partial charge in [0.05, 0.1) is 0 Å². The molecule has 0 saturated heterocycles. The zero-order valence-electron chi connectivity index (χ0n) is 21.3. The number of para-hydroxylation sites is 2. The zero-order chi connectivity index (χ0) is 26.0. The molecule has 2 nitrogen and oxygen atoms in total. The summed E-state index contributed by atoms with van der Waals surface area (Å²) >= 11 is 1.84. The first-order valence-electron chi connectivity index (χ1n) is 13.1. The van der Waals surface area contributed by atoms with Gasteiger partial charge in [-0.1, -0.05) is 84.9 Å². The lowest BCUT2D eigenvalue weighted by molar-refractivity contribution is 1.28. The van der Waals surface area contributed by atoms with Gasteiger partial charge in [0, 0.05) is 48.6 Å². The quantitative estimate of drug-likeness (QED) is 0.235. The van der Waals surface area contributed by atoms with Gasteiger partial charge >= 0.3 is 0 Å². The SMILES string of the molecule is c1ccc(N(c2ccccc2)c2ccc(-c3ccc(Nc4ccc5c(c4)sc4ccccc45)cc3)cc2)cc1. The highest BCUT2D eigenvalue weighted by molar-refractivity contribution is 7.25. The van der Waals surface area contributed by atoms with Crippen LogP contribution in [0.1, 0.15) is 0 Å². The highest BCUT2D eigenvalue weighted by Crippen LogP contribution is 2.37. The Morgan fingerprint density at radius 2 is 0.923 bits per heavy atom. The van der Waals surface area contributed by atoms with Crippen LogP contribution in [-0.4, -0.2) is 0 Å². The first-order valence-corrected chi connectivity index (χ1v) is 13.9. The van der Waals surface area contributed by atoms with Gasteiger partial charge in [0.15, 0.2) is 0 Å². The molecule has 0 aliphatic rings. The third-order valence-corrected chi connectivity index (χ3v) is 8.17. The Morgan fingerprint density at radius 1 is 0.410 bits per heavy atom. The third kappa shape index (κ3) is 4.65. The molecule has 186 valence electrons. The molecule has 0 saturated carbocycles. The van der Waals surface area contributed by atoms with Crippen molar-refractivity contribution in [3.63, 3.8) is 0 Å². The predicted molar refractivity (Wildman–Crippen MR) is 169 cm³/mol. The van der Waals surface area contributed by atoms with Crippen molar-refractivity contribution in [2.24, 2.45) is 0 Å². The normalized spacial score (nSPS) is 11.1. The number of benzene rings is 6. The van der Waals surface area contributed by atoms with E-state index in [0.29, 0.717) is 0 Å². The van der Waals surface area contributed by atoms with Crippen LogP contribution in [0.15, 0.2) is 152 Å². The lowest BCUT2D eigenvalue weighted by Crippen LogP contribution is -2.09. The number of nitrogens with zero attached hydrogens (tertiary/aromatic N) is 1. The third-order valence-electron chi connectivity index (χ3n) is 7.04. The van der Waals surface area contributed by atoms with Gasteiger partial charge < -0.3 is 10.2 Å². The molecule has 0 aliphatic carbocycles. The second-order valence-corrected chi connectivity index (χ2v) is 10.6. The molecule has 0 spiro atoms. The maximum absolute atomic E-state index is 3.58. The van der Waals surface area contributed by atoms with Gasteiger partial charge in [-0.15, -0.1) is 11.3 Å². The zero-order valence-corrected chi connectivity index (χ0v) is 22.1. The molecular weight excluding hydrogens is 492 g/mol. The summed E-state index contributed by atoms with van der Waals surface area (Å²) in [5, 5.41) is 6.23. The largest absolute Gasteiger partial charge is 0.355 e. The Balaban J connectivity index is 1.12. The summed E-state index contributed by atoms with van der Waals surface area (Å²) in [6.45, 7) is 0. The average Bonchev–Trinajstić information content (AvgIpc) is 3.37. The van der Waals surface area contributed by atoms with Crippen LogP contribution in [0.5, 0.6) is 0 Å². The maximum Gasteiger partial charge on any atom is 0.0462 e. The van der Waals surface area contributed by atoms with Gasteiger partial charge in [-0.3, -0.25) is 0 Å². The predicted octanol–water partition coefficient (Wildman–Crippen LogP) is 10.9. The van der Waals surface area contributed by atoms with Crippen LogP contribution in [0.3, 0.4) is 0 Å². The van der Waals surface area contributed by atoms with Crippen molar-refractivity contribution >= 4 is 59.9 Å². The molecule has 0 bridgehead atoms. The molecule has 39 heavy (non-hydrogen) atoms. The number of thiophene rings is 1. The smallest absolute Gasteiger partial charge is 0.0462 e. The Hall–Kier alpha value is -4.86. The lowest BCUT2D eigenvalue weighted by Gasteiger charge is -2.25. The van der Waals surface area contributed by atoms with Crippen LogP contribution < -0.4 is 10.2 Å². The summed E-state index contributed by atoms with van der Waals surface area (Å²) in [6, 6.07) is 53.7. The van der Waals surface area contributed by atoms with Crippen molar-refractivity contribution in [1.82, 2.24) is 0 Å². The summed E-state index contributed by atoms with van der Waals surface area (Å²) in [4.78, 5) is 2.28. The van der Waals surface area contributed by atoms with Crippen molar-refractivity contribution in [2.75, 3.05) is 10.2 Å². The van der Waals surface area contributed by atoms with E-state index in [9.17, 15) is 0 Å². The van der Waals surface area contributed by atoms with Crippen LogP contribution >= 0.6 is 11.3 Å². The van der Waals surface area contributed by atoms with Crippen molar-refractivity contribution in [3.8, 4) is 11.1 Å². The van der Waals surface area contributed by atoms with E-state index in [0.717, 1.165) is 28.4 Å². The lowest BCUT2D eigenvalue weighted by atomic mass is 10.0. The maximum atomic E-state index is 3.58. The Kier molecular flexibility index (Phi) is 6.04. The van der Waals surface area contributed by atoms with Crippen LogP contribution in [-0.2, 0) is 0 Å². The van der Waals surface area contributed by atoms with E-state index in [2.05, 4.69) is 162 Å². The number of fused-ring (bicyclic) bond motifs is 3. The van der Waals surface area contributed by atoms with Crippen LogP contribution in [0, 0.1) is 0 Å². The molecule has 7 rings (SSSR count). The van der Waals surface area contributed by atoms with Gasteiger partial charge in [-0.25, -0.2) is 0 Å². The summed E-state index contributed by atoms with van der Waals surface area (Å²) < 4.78 is 2.63. The Morgan fingerprint density at radius 3 is 1.59 bits per heavy atom. The van der Waals surface area contributed by atoms with E-state index in [1.54, 1.807) is 0 Å². The second kappa shape index (κ2) is 10.1. The molecule has 0 amide bonds. The van der Waals surface area contributed by atoms with Crippen molar-refractivity contribution in [2.45, 2.75) is 0 Å². The summed E-state index contributed by atoms with van der Waals surface area (Å²) in [5.41, 5.74) is 7.98. The molecule has 1 heterocycles. The highest BCUT2D eigenvalue weighted by Gasteiger charge is 2.12. The topological polar surface area (TPSA) is 15.3 Å². The summed E-state index contributed by atoms with van der Waals surface area (Å²) in [5.74, 6) is 0. The van der Waals surface area contributed by atoms with E-state index >= 15 is 0 Å². The van der Waals surface area contributed by atoms with Crippen molar-refractivity contribution < 1.29 is 0 Å². The van der Waals surface area contributed by atoms with Gasteiger partial charge in [-0.2, -0.15) is 0 Å². The number of hydrogen-bond acceptors (Lipinski definition) is 3. The monoisotopic (exact) mass is 518 g/mol. The minimum Gasteiger partial charge on any atom is -0.355 e. The first kappa shape index (κ1) is 23.3. The van der Waals surface area contributed by atoms with Crippen molar-refractivity contribution in [3.05, 3.63) is 152 Å². The molecule has 1 aromatic heterocycles. The van der Waals surface area contributed by atoms with Gasteiger partial charge in [0.25, 0.3) is 0 Å². The van der Waals surface area contributed by atoms with Gasteiger partial charge in [0.1, 0.15) is 0 Å². The Labute approximate surface area is 232 Å². The summed E-state index contributed by atoms with van der Waals surface area (Å²) in [6.07, 6.45) is 0. The molecule has 0 aliphatic heterocycles. The fraction of sp³-hybridized carbons (Fsp3) is 0. The van der Waals surface area contributed by atoms with Gasteiger partial charge in [0.2, 0.25) is 0 Å². The molecule has 7 aromatic rings. The second-order valence-electron chi connectivity index (χ2n) is 9.56. The number of rotatable bonds is 6. The molecule has 1 N–H and O–H groups in total. The van der Waals surface area contributed by atoms with Crippen molar-refractivity contribution in [1.29, 1.82) is 0 Å². The average molecular weight is 519 g/mol. The fourth-order valence-electron chi connectivity index (χ4n) is 5.12. The molecule has 0 unspecified atom stereocenters.